The molecule has 0 spiro atoms. The first kappa shape index (κ1) is 15.5. The van der Waals surface area contributed by atoms with Crippen LogP contribution in [-0.4, -0.2) is 14.3 Å². The molecule has 6 heteroatoms. The van der Waals surface area contributed by atoms with Crippen LogP contribution in [0.2, 0.25) is 0 Å². The van der Waals surface area contributed by atoms with Gasteiger partial charge in [-0.1, -0.05) is 18.6 Å². The zero-order valence-corrected chi connectivity index (χ0v) is 13.5. The van der Waals surface area contributed by atoms with E-state index in [1.54, 1.807) is 12.1 Å². The Labute approximate surface area is 131 Å². The molecule has 2 saturated carbocycles. The van der Waals surface area contributed by atoms with E-state index >= 15 is 0 Å². The number of hydrogen-bond donors (Lipinski definition) is 2. The normalized spacial score (nSPS) is 28.5. The molecule has 0 radical (unpaired) electrons. The van der Waals surface area contributed by atoms with Gasteiger partial charge in [-0.15, -0.1) is 0 Å². The van der Waals surface area contributed by atoms with E-state index in [9.17, 15) is 13.2 Å². The number of carbonyl (C=O) groups is 1. The zero-order valence-electron chi connectivity index (χ0n) is 12.7. The molecule has 3 N–H and O–H groups in total. The summed E-state index contributed by atoms with van der Waals surface area (Å²) in [6.45, 7) is 1.91. The van der Waals surface area contributed by atoms with Crippen LogP contribution in [0.1, 0.15) is 44.2 Å². The van der Waals surface area contributed by atoms with Crippen molar-refractivity contribution in [3.05, 3.63) is 29.8 Å². The second-order valence-electron chi connectivity index (χ2n) is 6.63. The van der Waals surface area contributed by atoms with Crippen molar-refractivity contribution in [1.29, 1.82) is 0 Å². The van der Waals surface area contributed by atoms with E-state index in [1.165, 1.54) is 31.4 Å². The van der Waals surface area contributed by atoms with Gasteiger partial charge in [0.1, 0.15) is 0 Å². The molecule has 2 fully saturated rings. The number of carbonyl (C=O) groups excluding carboxylic acids is 1. The fourth-order valence-electron chi connectivity index (χ4n) is 3.92. The molecule has 0 aromatic heterocycles. The summed E-state index contributed by atoms with van der Waals surface area (Å²) in [5, 5.41) is 8.15. The fraction of sp³-hybridized carbons (Fsp3) is 0.562. The average Bonchev–Trinajstić information content (AvgIpc) is 3.09. The molecule has 2 aliphatic carbocycles. The summed E-state index contributed by atoms with van der Waals surface area (Å²) in [5.74, 6) is 1.59. The van der Waals surface area contributed by atoms with Gasteiger partial charge in [-0.25, -0.2) is 13.6 Å². The van der Waals surface area contributed by atoms with Crippen LogP contribution in [0.4, 0.5) is 0 Å². The number of hydrogen-bond acceptors (Lipinski definition) is 3. The van der Waals surface area contributed by atoms with Gasteiger partial charge in [0, 0.05) is 5.92 Å². The first-order chi connectivity index (χ1) is 10.3. The van der Waals surface area contributed by atoms with E-state index in [-0.39, 0.29) is 22.8 Å². The third-order valence-electron chi connectivity index (χ3n) is 5.14. The van der Waals surface area contributed by atoms with Crippen LogP contribution < -0.4 is 10.5 Å². The molecule has 0 aliphatic heterocycles. The lowest BCUT2D eigenvalue weighted by Crippen LogP contribution is -2.35. The quantitative estimate of drug-likeness (QED) is 0.888. The third kappa shape index (κ3) is 3.03. The van der Waals surface area contributed by atoms with E-state index in [1.807, 2.05) is 6.92 Å². The van der Waals surface area contributed by atoms with E-state index < -0.39 is 10.0 Å². The summed E-state index contributed by atoms with van der Waals surface area (Å²) >= 11 is 0. The largest absolute Gasteiger partial charge is 0.349 e. The van der Waals surface area contributed by atoms with Crippen LogP contribution in [0, 0.1) is 17.8 Å². The summed E-state index contributed by atoms with van der Waals surface area (Å²) in [5.41, 5.74) is 0.879. The van der Waals surface area contributed by atoms with Gasteiger partial charge in [-0.2, -0.15) is 0 Å². The maximum absolute atomic E-state index is 12.4. The molecule has 1 amide bonds. The van der Waals surface area contributed by atoms with Crippen LogP contribution in [-0.2, 0) is 14.8 Å². The highest BCUT2D eigenvalue weighted by Gasteiger charge is 2.43. The van der Waals surface area contributed by atoms with Crippen LogP contribution in [0.5, 0.6) is 0 Å². The molecular formula is C16H22N2O3S. The first-order valence-electron chi connectivity index (χ1n) is 7.77. The lowest BCUT2D eigenvalue weighted by molar-refractivity contribution is -0.127. The lowest BCUT2D eigenvalue weighted by atomic mass is 9.88. The lowest BCUT2D eigenvalue weighted by Gasteiger charge is -2.23. The molecule has 0 heterocycles. The maximum atomic E-state index is 12.4. The number of rotatable bonds is 4. The molecule has 1 aromatic rings. The number of nitrogens with two attached hydrogens (primary N) is 1. The van der Waals surface area contributed by atoms with Gasteiger partial charge >= 0.3 is 0 Å². The standard InChI is InChI=1S/C16H22N2O3S/c1-10(12-4-6-14(7-5-12)22(17,20)21)18-16(19)15-9-11-2-3-13(15)8-11/h4-7,10-11,13,15H,2-3,8-9H2,1H3,(H,18,19)(H2,17,20,21). The van der Waals surface area contributed by atoms with Crippen molar-refractivity contribution in [2.24, 2.45) is 22.9 Å². The van der Waals surface area contributed by atoms with E-state index in [4.69, 9.17) is 5.14 Å². The average molecular weight is 322 g/mol. The van der Waals surface area contributed by atoms with Gasteiger partial charge in [0.25, 0.3) is 0 Å². The molecule has 4 atom stereocenters. The smallest absolute Gasteiger partial charge is 0.238 e. The minimum Gasteiger partial charge on any atom is -0.349 e. The topological polar surface area (TPSA) is 89.3 Å². The number of sulfonamides is 1. The Bertz CT molecular complexity index is 669. The van der Waals surface area contributed by atoms with Crippen LogP contribution in [0.3, 0.4) is 0 Å². The Balaban J connectivity index is 1.64. The molecule has 2 aliphatic rings. The third-order valence-corrected chi connectivity index (χ3v) is 6.07. The van der Waals surface area contributed by atoms with Crippen molar-refractivity contribution < 1.29 is 13.2 Å². The molecule has 5 nitrogen and oxygen atoms in total. The minimum atomic E-state index is -3.67. The van der Waals surface area contributed by atoms with E-state index in [2.05, 4.69) is 5.32 Å². The van der Waals surface area contributed by atoms with Gasteiger partial charge in [0.15, 0.2) is 0 Å². The SMILES string of the molecule is CC(NC(=O)C1CC2CCC1C2)c1ccc(S(N)(=O)=O)cc1. The predicted octanol–water partition coefficient (Wildman–Crippen LogP) is 1.95. The van der Waals surface area contributed by atoms with Gasteiger partial charge in [0.05, 0.1) is 10.9 Å². The second kappa shape index (κ2) is 5.66. The van der Waals surface area contributed by atoms with Crippen molar-refractivity contribution >= 4 is 15.9 Å². The van der Waals surface area contributed by atoms with E-state index in [0.29, 0.717) is 5.92 Å². The summed E-state index contributed by atoms with van der Waals surface area (Å²) in [7, 11) is -3.67. The van der Waals surface area contributed by atoms with Gasteiger partial charge in [0.2, 0.25) is 15.9 Å². The van der Waals surface area contributed by atoms with Crippen LogP contribution in [0.15, 0.2) is 29.2 Å². The summed E-state index contributed by atoms with van der Waals surface area (Å²) in [6, 6.07) is 6.22. The molecule has 120 valence electrons. The predicted molar refractivity (Wildman–Crippen MR) is 83.3 cm³/mol. The molecule has 2 bridgehead atoms. The van der Waals surface area contributed by atoms with E-state index in [0.717, 1.165) is 17.9 Å². The highest BCUT2D eigenvalue weighted by molar-refractivity contribution is 7.89. The number of amides is 1. The molecule has 0 saturated heterocycles. The van der Waals surface area contributed by atoms with Crippen LogP contribution >= 0.6 is 0 Å². The number of fused-ring (bicyclic) bond motifs is 2. The summed E-state index contributed by atoms with van der Waals surface area (Å²) in [6.07, 6.45) is 4.68. The first-order valence-corrected chi connectivity index (χ1v) is 9.32. The number of benzene rings is 1. The second-order valence-corrected chi connectivity index (χ2v) is 8.19. The fourth-order valence-corrected chi connectivity index (χ4v) is 4.43. The molecule has 3 rings (SSSR count). The Morgan fingerprint density at radius 1 is 1.23 bits per heavy atom. The Morgan fingerprint density at radius 3 is 2.41 bits per heavy atom. The zero-order chi connectivity index (χ0) is 15.9. The Kier molecular flexibility index (Phi) is 3.99. The maximum Gasteiger partial charge on any atom is 0.238 e. The summed E-state index contributed by atoms with van der Waals surface area (Å²) < 4.78 is 22.5. The van der Waals surface area contributed by atoms with Crippen molar-refractivity contribution in [1.82, 2.24) is 5.32 Å². The van der Waals surface area contributed by atoms with Crippen molar-refractivity contribution in [2.45, 2.75) is 43.5 Å². The Hall–Kier alpha value is -1.40. The number of nitrogens with one attached hydrogen (secondary N) is 1. The van der Waals surface area contributed by atoms with Gasteiger partial charge < -0.3 is 5.32 Å². The number of primary sulfonamides is 1. The monoisotopic (exact) mass is 322 g/mol. The highest BCUT2D eigenvalue weighted by atomic mass is 32.2. The van der Waals surface area contributed by atoms with Crippen LogP contribution in [0.25, 0.3) is 0 Å². The summed E-state index contributed by atoms with van der Waals surface area (Å²) in [4.78, 5) is 12.5. The van der Waals surface area contributed by atoms with Crippen molar-refractivity contribution in [3.63, 3.8) is 0 Å². The molecule has 1 aromatic carbocycles. The minimum absolute atomic E-state index is 0.0860. The van der Waals surface area contributed by atoms with Crippen molar-refractivity contribution in [3.8, 4) is 0 Å². The van der Waals surface area contributed by atoms with Crippen molar-refractivity contribution in [2.75, 3.05) is 0 Å². The molecule has 22 heavy (non-hydrogen) atoms. The highest BCUT2D eigenvalue weighted by Crippen LogP contribution is 2.48. The molecule has 4 unspecified atom stereocenters. The molecular weight excluding hydrogens is 300 g/mol. The van der Waals surface area contributed by atoms with Gasteiger partial charge in [-0.3, -0.25) is 4.79 Å². The van der Waals surface area contributed by atoms with Gasteiger partial charge in [-0.05, 0) is 55.7 Å². The Morgan fingerprint density at radius 2 is 1.91 bits per heavy atom.